The van der Waals surface area contributed by atoms with Crippen molar-refractivity contribution in [2.75, 3.05) is 0 Å². The Kier molecular flexibility index (Phi) is 4.40. The number of carbonyl (C=O) groups is 1. The molecule has 0 aliphatic rings. The van der Waals surface area contributed by atoms with Crippen molar-refractivity contribution in [2.24, 2.45) is 5.92 Å². The van der Waals surface area contributed by atoms with Crippen molar-refractivity contribution >= 4 is 5.78 Å². The molecule has 4 heteroatoms. The van der Waals surface area contributed by atoms with Gasteiger partial charge in [0, 0.05) is 6.54 Å². The van der Waals surface area contributed by atoms with E-state index in [1.165, 1.54) is 6.33 Å². The molecule has 0 saturated carbocycles. The first-order valence-electron chi connectivity index (χ1n) is 5.53. The molecule has 0 N–H and O–H groups in total. The average Bonchev–Trinajstić information content (AvgIpc) is 2.50. The van der Waals surface area contributed by atoms with E-state index >= 15 is 0 Å². The Labute approximate surface area is 96.4 Å². The van der Waals surface area contributed by atoms with Crippen LogP contribution in [0.4, 0.5) is 0 Å². The molecular formula is C12H19N3O. The number of hydrogen-bond acceptors (Lipinski definition) is 3. The lowest BCUT2D eigenvalue weighted by atomic mass is 10.2. The van der Waals surface area contributed by atoms with Gasteiger partial charge in [0.05, 0.1) is 6.42 Å². The molecule has 0 amide bonds. The van der Waals surface area contributed by atoms with Gasteiger partial charge in [0.25, 0.3) is 0 Å². The summed E-state index contributed by atoms with van der Waals surface area (Å²) in [6.07, 6.45) is 3.49. The first-order valence-corrected chi connectivity index (χ1v) is 5.53. The summed E-state index contributed by atoms with van der Waals surface area (Å²) >= 11 is 0. The van der Waals surface area contributed by atoms with Crippen LogP contribution in [0.2, 0.25) is 0 Å². The minimum absolute atomic E-state index is 0.0815. The van der Waals surface area contributed by atoms with E-state index in [1.807, 2.05) is 13.8 Å². The van der Waals surface area contributed by atoms with Gasteiger partial charge in [-0.1, -0.05) is 19.4 Å². The van der Waals surface area contributed by atoms with Crippen LogP contribution in [-0.2, 0) is 17.8 Å². The van der Waals surface area contributed by atoms with Gasteiger partial charge < -0.3 is 0 Å². The van der Waals surface area contributed by atoms with E-state index in [1.54, 1.807) is 10.8 Å². The lowest BCUT2D eigenvalue weighted by Crippen LogP contribution is -2.13. The van der Waals surface area contributed by atoms with E-state index in [9.17, 15) is 4.79 Å². The lowest BCUT2D eigenvalue weighted by molar-refractivity contribution is -0.114. The molecule has 0 aromatic carbocycles. The quantitative estimate of drug-likeness (QED) is 0.715. The summed E-state index contributed by atoms with van der Waals surface area (Å²) in [6.45, 7) is 8.86. The first kappa shape index (κ1) is 12.6. The molecule has 16 heavy (non-hydrogen) atoms. The largest absolute Gasteiger partial charge is 0.294 e. The molecule has 0 unspecified atom stereocenters. The summed E-state index contributed by atoms with van der Waals surface area (Å²) in [5.41, 5.74) is 1.01. The van der Waals surface area contributed by atoms with Crippen LogP contribution in [0.3, 0.4) is 0 Å². The number of aromatic nitrogens is 3. The highest BCUT2D eigenvalue weighted by molar-refractivity contribution is 5.91. The molecule has 4 nitrogen and oxygen atoms in total. The Morgan fingerprint density at radius 2 is 2.19 bits per heavy atom. The molecule has 0 fully saturated rings. The molecule has 0 aliphatic heterocycles. The fourth-order valence-electron chi connectivity index (χ4n) is 1.45. The molecular weight excluding hydrogens is 202 g/mol. The Hall–Kier alpha value is -1.45. The van der Waals surface area contributed by atoms with Gasteiger partial charge in [0.2, 0.25) is 0 Å². The van der Waals surface area contributed by atoms with Gasteiger partial charge >= 0.3 is 0 Å². The van der Waals surface area contributed by atoms with Gasteiger partial charge in [-0.05, 0) is 25.8 Å². The molecule has 1 aromatic heterocycles. The second-order valence-electron chi connectivity index (χ2n) is 4.62. The number of allylic oxidation sites excluding steroid dienone is 2. The molecule has 1 heterocycles. The third-order valence-corrected chi connectivity index (χ3v) is 2.02. The van der Waals surface area contributed by atoms with Gasteiger partial charge in [-0.25, -0.2) is 9.67 Å². The Balaban J connectivity index is 2.70. The van der Waals surface area contributed by atoms with E-state index in [0.29, 0.717) is 12.3 Å². The predicted octanol–water partition coefficient (Wildman–Crippen LogP) is 2.01. The maximum Gasteiger partial charge on any atom is 0.163 e. The van der Waals surface area contributed by atoms with Gasteiger partial charge in [-0.3, -0.25) is 4.79 Å². The number of nitrogens with zero attached hydrogens (tertiary/aromatic N) is 3. The van der Waals surface area contributed by atoms with Crippen LogP contribution in [0.15, 0.2) is 18.0 Å². The zero-order valence-electron chi connectivity index (χ0n) is 10.4. The van der Waals surface area contributed by atoms with Crippen LogP contribution in [0.5, 0.6) is 0 Å². The smallest absolute Gasteiger partial charge is 0.163 e. The van der Waals surface area contributed by atoms with Crippen molar-refractivity contribution in [3.8, 4) is 0 Å². The van der Waals surface area contributed by atoms with Crippen LogP contribution in [0.25, 0.3) is 0 Å². The van der Waals surface area contributed by atoms with E-state index in [-0.39, 0.29) is 5.78 Å². The molecule has 0 radical (unpaired) electrons. The third-order valence-electron chi connectivity index (χ3n) is 2.02. The van der Waals surface area contributed by atoms with Gasteiger partial charge in [-0.15, -0.1) is 0 Å². The van der Waals surface area contributed by atoms with E-state index < -0.39 is 0 Å². The lowest BCUT2D eigenvalue weighted by Gasteiger charge is -2.07. The Morgan fingerprint density at radius 3 is 2.75 bits per heavy atom. The highest BCUT2D eigenvalue weighted by Gasteiger charge is 2.09. The van der Waals surface area contributed by atoms with Gasteiger partial charge in [0.1, 0.15) is 12.2 Å². The summed E-state index contributed by atoms with van der Waals surface area (Å²) in [7, 11) is 0. The molecule has 0 saturated heterocycles. The minimum Gasteiger partial charge on any atom is -0.294 e. The maximum atomic E-state index is 11.6. The van der Waals surface area contributed by atoms with Crippen molar-refractivity contribution in [1.82, 2.24) is 14.8 Å². The van der Waals surface area contributed by atoms with E-state index in [2.05, 4.69) is 23.9 Å². The van der Waals surface area contributed by atoms with Crippen LogP contribution in [-0.4, -0.2) is 20.5 Å². The van der Waals surface area contributed by atoms with Crippen LogP contribution < -0.4 is 0 Å². The maximum absolute atomic E-state index is 11.6. The fourth-order valence-corrected chi connectivity index (χ4v) is 1.45. The number of ketones is 1. The van der Waals surface area contributed by atoms with Gasteiger partial charge in [0.15, 0.2) is 5.78 Å². The average molecular weight is 221 g/mol. The van der Waals surface area contributed by atoms with Crippen molar-refractivity contribution in [3.63, 3.8) is 0 Å². The molecule has 0 spiro atoms. The summed E-state index contributed by atoms with van der Waals surface area (Å²) in [6, 6.07) is 0. The topological polar surface area (TPSA) is 47.8 Å². The highest BCUT2D eigenvalue weighted by atomic mass is 16.1. The van der Waals surface area contributed by atoms with Crippen molar-refractivity contribution in [2.45, 2.75) is 40.7 Å². The Morgan fingerprint density at radius 1 is 1.50 bits per heavy atom. The molecule has 0 atom stereocenters. The van der Waals surface area contributed by atoms with Crippen LogP contribution >= 0.6 is 0 Å². The normalized spacial score (nSPS) is 10.6. The Bertz CT molecular complexity index is 387. The second-order valence-corrected chi connectivity index (χ2v) is 4.62. The first-order chi connectivity index (χ1) is 7.49. The molecule has 1 rings (SSSR count). The summed E-state index contributed by atoms with van der Waals surface area (Å²) < 4.78 is 1.81. The monoisotopic (exact) mass is 221 g/mol. The molecule has 1 aromatic rings. The highest BCUT2D eigenvalue weighted by Crippen LogP contribution is 2.03. The SMILES string of the molecule is CC(C)=CC(=O)Cc1ncnn1CC(C)C. The molecule has 0 aliphatic carbocycles. The summed E-state index contributed by atoms with van der Waals surface area (Å²) in [4.78, 5) is 15.7. The summed E-state index contributed by atoms with van der Waals surface area (Å²) in [5, 5.41) is 4.12. The molecule has 88 valence electrons. The van der Waals surface area contributed by atoms with Crippen LogP contribution in [0, 0.1) is 5.92 Å². The third kappa shape index (κ3) is 3.96. The molecule has 0 bridgehead atoms. The number of carbonyl (C=O) groups excluding carboxylic acids is 1. The van der Waals surface area contributed by atoms with E-state index in [0.717, 1.165) is 17.9 Å². The number of hydrogen-bond donors (Lipinski definition) is 0. The zero-order chi connectivity index (χ0) is 12.1. The van der Waals surface area contributed by atoms with Crippen molar-refractivity contribution in [3.05, 3.63) is 23.8 Å². The minimum atomic E-state index is 0.0815. The van der Waals surface area contributed by atoms with Gasteiger partial charge in [-0.2, -0.15) is 5.10 Å². The fraction of sp³-hybridized carbons (Fsp3) is 0.583. The predicted molar refractivity (Wildman–Crippen MR) is 63.0 cm³/mol. The van der Waals surface area contributed by atoms with Crippen molar-refractivity contribution in [1.29, 1.82) is 0 Å². The zero-order valence-corrected chi connectivity index (χ0v) is 10.4. The standard InChI is InChI=1S/C12H19N3O/c1-9(2)5-11(16)6-12-13-8-14-15(12)7-10(3)4/h5,8,10H,6-7H2,1-4H3. The van der Waals surface area contributed by atoms with E-state index in [4.69, 9.17) is 0 Å². The van der Waals surface area contributed by atoms with Crippen molar-refractivity contribution < 1.29 is 4.79 Å². The van der Waals surface area contributed by atoms with Crippen LogP contribution in [0.1, 0.15) is 33.5 Å². The second kappa shape index (κ2) is 5.58. The summed E-state index contributed by atoms with van der Waals surface area (Å²) in [5.74, 6) is 1.33. The number of rotatable bonds is 5.